The van der Waals surface area contributed by atoms with Crippen LogP contribution in [0, 0.1) is 13.8 Å². The minimum absolute atomic E-state index is 0.0132. The van der Waals surface area contributed by atoms with Crippen molar-refractivity contribution in [3.8, 4) is 0 Å². The van der Waals surface area contributed by atoms with Gasteiger partial charge in [0.25, 0.3) is 5.91 Å². The lowest BCUT2D eigenvalue weighted by Crippen LogP contribution is -2.49. The second kappa shape index (κ2) is 6.35. The van der Waals surface area contributed by atoms with Crippen LogP contribution >= 0.6 is 0 Å². The number of likely N-dealkylation sites (N-methyl/N-ethyl adjacent to an activating group) is 1. The Morgan fingerprint density at radius 3 is 2.71 bits per heavy atom. The van der Waals surface area contributed by atoms with Crippen LogP contribution in [0.3, 0.4) is 0 Å². The normalized spacial score (nSPS) is 19.2. The molecule has 1 N–H and O–H groups in total. The number of rotatable bonds is 3. The van der Waals surface area contributed by atoms with E-state index in [2.05, 4.69) is 25.2 Å². The van der Waals surface area contributed by atoms with Crippen LogP contribution in [0.1, 0.15) is 59.3 Å². The number of hydrogen-bond acceptors (Lipinski definition) is 6. The van der Waals surface area contributed by atoms with Crippen LogP contribution in [0.25, 0.3) is 0 Å². The van der Waals surface area contributed by atoms with Crippen LogP contribution in [-0.4, -0.2) is 62.7 Å². The molecule has 0 radical (unpaired) electrons. The van der Waals surface area contributed by atoms with E-state index in [1.54, 1.807) is 6.92 Å². The summed E-state index contributed by atoms with van der Waals surface area (Å²) in [6, 6.07) is -0.0846. The number of carbonyl (C=O) groups excluding carboxylic acids is 1. The fraction of sp³-hybridized carbons (Fsp3) is 0.625. The predicted octanol–water partition coefficient (Wildman–Crippen LogP) is 1.66. The molecule has 2 aromatic rings. The van der Waals surface area contributed by atoms with Crippen molar-refractivity contribution < 1.29 is 9.32 Å². The maximum absolute atomic E-state index is 13.1. The molecule has 1 aliphatic rings. The fourth-order valence-electron chi connectivity index (χ4n) is 3.07. The van der Waals surface area contributed by atoms with E-state index in [-0.39, 0.29) is 17.9 Å². The summed E-state index contributed by atoms with van der Waals surface area (Å²) in [4.78, 5) is 21.4. The largest absolute Gasteiger partial charge is 0.338 e. The lowest BCUT2D eigenvalue weighted by atomic mass is 10.0. The molecule has 0 bridgehead atoms. The van der Waals surface area contributed by atoms with Gasteiger partial charge in [0.15, 0.2) is 5.82 Å². The Morgan fingerprint density at radius 2 is 2.08 bits per heavy atom. The Morgan fingerprint density at radius 1 is 1.33 bits per heavy atom. The summed E-state index contributed by atoms with van der Waals surface area (Å²) in [6.07, 6.45) is 0. The lowest BCUT2D eigenvalue weighted by molar-refractivity contribution is 0.0487. The van der Waals surface area contributed by atoms with E-state index in [9.17, 15) is 4.79 Å². The van der Waals surface area contributed by atoms with Crippen LogP contribution in [0.5, 0.6) is 0 Å². The Bertz CT molecular complexity index is 735. The van der Waals surface area contributed by atoms with Crippen molar-refractivity contribution in [3.63, 3.8) is 0 Å². The fourth-order valence-corrected chi connectivity index (χ4v) is 3.07. The molecule has 1 saturated heterocycles. The molecule has 0 saturated carbocycles. The van der Waals surface area contributed by atoms with Gasteiger partial charge < -0.3 is 9.42 Å². The van der Waals surface area contributed by atoms with E-state index in [0.29, 0.717) is 30.4 Å². The highest BCUT2D eigenvalue weighted by Crippen LogP contribution is 2.26. The summed E-state index contributed by atoms with van der Waals surface area (Å²) in [5.74, 6) is 1.37. The van der Waals surface area contributed by atoms with E-state index >= 15 is 0 Å². The monoisotopic (exact) mass is 332 g/mol. The van der Waals surface area contributed by atoms with E-state index in [4.69, 9.17) is 4.52 Å². The molecule has 0 aromatic carbocycles. The molecular weight excluding hydrogens is 308 g/mol. The third kappa shape index (κ3) is 2.93. The van der Waals surface area contributed by atoms with Crippen molar-refractivity contribution >= 4 is 5.91 Å². The first kappa shape index (κ1) is 16.6. The van der Waals surface area contributed by atoms with Gasteiger partial charge in [-0.25, -0.2) is 0 Å². The first-order valence-corrected chi connectivity index (χ1v) is 8.23. The molecule has 1 amide bonds. The molecule has 0 aliphatic carbocycles. The summed E-state index contributed by atoms with van der Waals surface area (Å²) in [5.41, 5.74) is 2.32. The maximum atomic E-state index is 13.1. The molecular formula is C16H24N6O2. The Labute approximate surface area is 141 Å². The third-order valence-electron chi connectivity index (χ3n) is 4.50. The highest BCUT2D eigenvalue weighted by Gasteiger charge is 2.34. The summed E-state index contributed by atoms with van der Waals surface area (Å²) in [5, 5.41) is 11.1. The number of aromatic nitrogens is 4. The summed E-state index contributed by atoms with van der Waals surface area (Å²) >= 11 is 0. The molecule has 3 heterocycles. The van der Waals surface area contributed by atoms with Crippen LogP contribution in [0.15, 0.2) is 4.52 Å². The van der Waals surface area contributed by atoms with Gasteiger partial charge in [0.2, 0.25) is 5.89 Å². The average molecular weight is 332 g/mol. The van der Waals surface area contributed by atoms with Gasteiger partial charge >= 0.3 is 0 Å². The topological polar surface area (TPSA) is 91.2 Å². The molecule has 0 spiro atoms. The number of piperazine rings is 1. The molecule has 8 heteroatoms. The summed E-state index contributed by atoms with van der Waals surface area (Å²) in [6.45, 7) is 9.72. The Hall–Kier alpha value is -2.22. The first-order chi connectivity index (χ1) is 11.4. The number of hydrogen-bond donors (Lipinski definition) is 1. The zero-order valence-corrected chi connectivity index (χ0v) is 14.8. The highest BCUT2D eigenvalue weighted by molar-refractivity contribution is 5.96. The molecule has 3 rings (SSSR count). The van der Waals surface area contributed by atoms with E-state index in [1.165, 1.54) is 0 Å². The predicted molar refractivity (Wildman–Crippen MR) is 87.7 cm³/mol. The van der Waals surface area contributed by atoms with Crippen LogP contribution < -0.4 is 0 Å². The Balaban J connectivity index is 1.85. The van der Waals surface area contributed by atoms with Crippen LogP contribution in [0.4, 0.5) is 0 Å². The minimum Gasteiger partial charge on any atom is -0.338 e. The SMILES string of the molecule is Cc1noc(C2CN(C(=O)c3c(C(C)C)n[nH]c3C)CCN2C)n1. The van der Waals surface area contributed by atoms with Gasteiger partial charge in [-0.1, -0.05) is 19.0 Å². The summed E-state index contributed by atoms with van der Waals surface area (Å²) in [7, 11) is 2.01. The molecule has 1 aliphatic heterocycles. The smallest absolute Gasteiger partial charge is 0.257 e. The summed E-state index contributed by atoms with van der Waals surface area (Å²) < 4.78 is 5.32. The van der Waals surface area contributed by atoms with E-state index in [1.807, 2.05) is 32.7 Å². The molecule has 1 atom stereocenters. The van der Waals surface area contributed by atoms with Crippen LogP contribution in [0.2, 0.25) is 0 Å². The quantitative estimate of drug-likeness (QED) is 0.919. The second-order valence-electron chi connectivity index (χ2n) is 6.69. The third-order valence-corrected chi connectivity index (χ3v) is 4.50. The van der Waals surface area contributed by atoms with Crippen molar-refractivity contribution in [2.45, 2.75) is 39.7 Å². The lowest BCUT2D eigenvalue weighted by Gasteiger charge is -2.37. The standard InChI is InChI=1S/C16H24N6O2/c1-9(2)14-13(10(3)18-19-14)16(23)22-7-6-21(5)12(8-22)15-17-11(4)20-24-15/h9,12H,6-8H2,1-5H3,(H,18,19). The number of nitrogens with zero attached hydrogens (tertiary/aromatic N) is 5. The Kier molecular flexibility index (Phi) is 4.40. The van der Waals surface area contributed by atoms with Gasteiger partial charge in [-0.2, -0.15) is 10.1 Å². The van der Waals surface area contributed by atoms with Crippen molar-refractivity contribution in [1.29, 1.82) is 0 Å². The van der Waals surface area contributed by atoms with Crippen LogP contribution in [-0.2, 0) is 0 Å². The highest BCUT2D eigenvalue weighted by atomic mass is 16.5. The average Bonchev–Trinajstić information content (AvgIpc) is 3.13. The zero-order chi connectivity index (χ0) is 17.4. The first-order valence-electron chi connectivity index (χ1n) is 8.23. The molecule has 8 nitrogen and oxygen atoms in total. The van der Waals surface area contributed by atoms with Gasteiger partial charge in [-0.05, 0) is 26.8 Å². The minimum atomic E-state index is -0.0846. The van der Waals surface area contributed by atoms with Gasteiger partial charge in [-0.15, -0.1) is 0 Å². The molecule has 1 unspecified atom stereocenters. The van der Waals surface area contributed by atoms with E-state index in [0.717, 1.165) is 17.9 Å². The molecule has 24 heavy (non-hydrogen) atoms. The number of nitrogens with one attached hydrogen (secondary N) is 1. The molecule has 130 valence electrons. The van der Waals surface area contributed by atoms with Gasteiger partial charge in [0.05, 0.1) is 11.3 Å². The number of amides is 1. The zero-order valence-electron chi connectivity index (χ0n) is 14.8. The van der Waals surface area contributed by atoms with Gasteiger partial charge in [-0.3, -0.25) is 14.8 Å². The van der Waals surface area contributed by atoms with E-state index < -0.39 is 0 Å². The van der Waals surface area contributed by atoms with Crippen molar-refractivity contribution in [3.05, 3.63) is 28.7 Å². The van der Waals surface area contributed by atoms with Gasteiger partial charge in [0, 0.05) is 25.3 Å². The van der Waals surface area contributed by atoms with Crippen molar-refractivity contribution in [1.82, 2.24) is 30.1 Å². The number of H-pyrrole nitrogens is 1. The second-order valence-corrected chi connectivity index (χ2v) is 6.69. The number of carbonyl (C=O) groups is 1. The van der Waals surface area contributed by atoms with Gasteiger partial charge in [0.1, 0.15) is 6.04 Å². The van der Waals surface area contributed by atoms with Crippen molar-refractivity contribution in [2.75, 3.05) is 26.7 Å². The molecule has 2 aromatic heterocycles. The number of aryl methyl sites for hydroxylation is 2. The number of aromatic amines is 1. The molecule has 1 fully saturated rings. The van der Waals surface area contributed by atoms with Crippen molar-refractivity contribution in [2.24, 2.45) is 0 Å². The maximum Gasteiger partial charge on any atom is 0.257 e.